The van der Waals surface area contributed by atoms with E-state index in [9.17, 15) is 4.39 Å². The first-order chi connectivity index (χ1) is 12.5. The van der Waals surface area contributed by atoms with Gasteiger partial charge in [0.05, 0.1) is 12.6 Å². The van der Waals surface area contributed by atoms with Crippen molar-refractivity contribution in [3.63, 3.8) is 0 Å². The van der Waals surface area contributed by atoms with Crippen LogP contribution in [0.2, 0.25) is 0 Å². The quantitative estimate of drug-likeness (QED) is 0.350. The Balaban J connectivity index is 0.00000364. The van der Waals surface area contributed by atoms with Gasteiger partial charge in [-0.2, -0.15) is 0 Å². The number of halogens is 2. The summed E-state index contributed by atoms with van der Waals surface area (Å²) < 4.78 is 13.8. The molecule has 0 amide bonds. The second kappa shape index (κ2) is 12.5. The predicted molar refractivity (Wildman–Crippen MR) is 123 cm³/mol. The fourth-order valence-corrected chi connectivity index (χ4v) is 3.12. The maximum atomic E-state index is 13.8. The first-order valence-electron chi connectivity index (χ1n) is 9.79. The van der Waals surface area contributed by atoms with Crippen molar-refractivity contribution in [2.45, 2.75) is 33.7 Å². The van der Waals surface area contributed by atoms with Crippen LogP contribution in [-0.2, 0) is 0 Å². The molecule has 0 radical (unpaired) electrons. The Labute approximate surface area is 180 Å². The summed E-state index contributed by atoms with van der Waals surface area (Å²) in [7, 11) is 0. The van der Waals surface area contributed by atoms with Crippen molar-refractivity contribution in [2.24, 2.45) is 4.99 Å². The lowest BCUT2D eigenvalue weighted by atomic mass is 10.1. The molecule has 154 valence electrons. The number of nitrogens with one attached hydrogen (secondary N) is 2. The monoisotopic (exact) mass is 491 g/mol. The molecule has 1 fully saturated rings. The van der Waals surface area contributed by atoms with Crippen LogP contribution < -0.4 is 10.6 Å². The molecular formula is C20H35FIN5. The summed E-state index contributed by atoms with van der Waals surface area (Å²) in [6.07, 6.45) is 0. The van der Waals surface area contributed by atoms with Gasteiger partial charge in [-0.05, 0) is 44.5 Å². The highest BCUT2D eigenvalue weighted by Gasteiger charge is 2.15. The van der Waals surface area contributed by atoms with Gasteiger partial charge in [0.25, 0.3) is 0 Å². The van der Waals surface area contributed by atoms with Crippen molar-refractivity contribution < 1.29 is 4.39 Å². The number of aryl methyl sites for hydroxylation is 1. The van der Waals surface area contributed by atoms with Gasteiger partial charge in [-0.25, -0.2) is 4.39 Å². The lowest BCUT2D eigenvalue weighted by molar-refractivity contribution is 0.140. The van der Waals surface area contributed by atoms with Gasteiger partial charge in [0, 0.05) is 39.3 Å². The van der Waals surface area contributed by atoms with Gasteiger partial charge in [0.15, 0.2) is 5.96 Å². The van der Waals surface area contributed by atoms with Gasteiger partial charge < -0.3 is 15.5 Å². The van der Waals surface area contributed by atoms with Crippen LogP contribution in [0.3, 0.4) is 0 Å². The van der Waals surface area contributed by atoms with E-state index in [0.29, 0.717) is 5.56 Å². The summed E-state index contributed by atoms with van der Waals surface area (Å²) in [5.74, 6) is 0.623. The summed E-state index contributed by atoms with van der Waals surface area (Å²) in [4.78, 5) is 9.65. The molecule has 1 aliphatic rings. The average molecular weight is 491 g/mol. The maximum absolute atomic E-state index is 13.8. The van der Waals surface area contributed by atoms with E-state index in [-0.39, 0.29) is 35.8 Å². The molecule has 2 rings (SSSR count). The Bertz CT molecular complexity index is 588. The molecule has 0 spiro atoms. The highest BCUT2D eigenvalue weighted by atomic mass is 127. The Hall–Kier alpha value is -0.930. The third kappa shape index (κ3) is 7.91. The van der Waals surface area contributed by atoms with E-state index in [2.05, 4.69) is 34.3 Å². The summed E-state index contributed by atoms with van der Waals surface area (Å²) in [5.41, 5.74) is 1.60. The highest BCUT2D eigenvalue weighted by Crippen LogP contribution is 2.16. The molecule has 1 aliphatic heterocycles. The largest absolute Gasteiger partial charge is 0.357 e. The minimum atomic E-state index is -0.163. The van der Waals surface area contributed by atoms with Gasteiger partial charge in [0.1, 0.15) is 5.82 Å². The Kier molecular flexibility index (Phi) is 11.2. The van der Waals surface area contributed by atoms with Crippen molar-refractivity contribution in [3.8, 4) is 0 Å². The number of guanidine groups is 1. The van der Waals surface area contributed by atoms with E-state index in [4.69, 9.17) is 4.99 Å². The van der Waals surface area contributed by atoms with E-state index < -0.39 is 0 Å². The van der Waals surface area contributed by atoms with Crippen molar-refractivity contribution in [3.05, 3.63) is 35.1 Å². The molecule has 7 heteroatoms. The fourth-order valence-electron chi connectivity index (χ4n) is 3.12. The zero-order chi connectivity index (χ0) is 18.9. The van der Waals surface area contributed by atoms with Crippen molar-refractivity contribution in [2.75, 3.05) is 52.4 Å². The molecule has 1 atom stereocenters. The summed E-state index contributed by atoms with van der Waals surface area (Å²) in [5, 5.41) is 6.66. The third-order valence-electron chi connectivity index (χ3n) is 4.99. The molecule has 0 aliphatic carbocycles. The van der Waals surface area contributed by atoms with Crippen molar-refractivity contribution >= 4 is 29.9 Å². The summed E-state index contributed by atoms with van der Waals surface area (Å²) in [6.45, 7) is 16.3. The van der Waals surface area contributed by atoms with Gasteiger partial charge in [-0.3, -0.25) is 9.89 Å². The van der Waals surface area contributed by atoms with E-state index in [1.165, 1.54) is 0 Å². The van der Waals surface area contributed by atoms with Gasteiger partial charge in [-0.15, -0.1) is 24.0 Å². The van der Waals surface area contributed by atoms with Crippen LogP contribution in [0.25, 0.3) is 0 Å². The number of rotatable bonds is 7. The van der Waals surface area contributed by atoms with Gasteiger partial charge >= 0.3 is 0 Å². The third-order valence-corrected chi connectivity index (χ3v) is 4.99. The van der Waals surface area contributed by atoms with Gasteiger partial charge in [0.2, 0.25) is 0 Å². The number of piperazine rings is 1. The second-order valence-electron chi connectivity index (χ2n) is 6.91. The molecule has 0 bridgehead atoms. The van der Waals surface area contributed by atoms with Crippen LogP contribution >= 0.6 is 24.0 Å². The normalized spacial score (nSPS) is 17.3. The lowest BCUT2D eigenvalue weighted by Gasteiger charge is -2.33. The van der Waals surface area contributed by atoms with E-state index >= 15 is 0 Å². The molecule has 1 heterocycles. The summed E-state index contributed by atoms with van der Waals surface area (Å²) >= 11 is 0. The number of aliphatic imine (C=N–C) groups is 1. The molecule has 5 nitrogen and oxygen atoms in total. The second-order valence-corrected chi connectivity index (χ2v) is 6.91. The fraction of sp³-hybridized carbons (Fsp3) is 0.650. The minimum Gasteiger partial charge on any atom is -0.357 e. The maximum Gasteiger partial charge on any atom is 0.191 e. The van der Waals surface area contributed by atoms with Crippen LogP contribution in [0.5, 0.6) is 0 Å². The first kappa shape index (κ1) is 24.1. The van der Waals surface area contributed by atoms with Crippen LogP contribution in [-0.4, -0.2) is 68.1 Å². The molecule has 1 unspecified atom stereocenters. The van der Waals surface area contributed by atoms with E-state index in [0.717, 1.165) is 63.9 Å². The number of hydrogen-bond acceptors (Lipinski definition) is 3. The molecular weight excluding hydrogens is 456 g/mol. The number of benzene rings is 1. The lowest BCUT2D eigenvalue weighted by Crippen LogP contribution is -2.47. The van der Waals surface area contributed by atoms with E-state index in [1.807, 2.05) is 19.1 Å². The first-order valence-corrected chi connectivity index (χ1v) is 9.79. The predicted octanol–water partition coefficient (Wildman–Crippen LogP) is 3.01. The Morgan fingerprint density at radius 1 is 1.19 bits per heavy atom. The average Bonchev–Trinajstić information content (AvgIpc) is 2.64. The van der Waals surface area contributed by atoms with Crippen molar-refractivity contribution in [1.29, 1.82) is 0 Å². The standard InChI is InChI=1S/C20H34FN5.HI/c1-5-22-20(23-9-10-26-13-11-25(6-2)12-14-26)24-17(4)18-8-7-16(3)19(21)15-18;/h7-8,15,17H,5-6,9-14H2,1-4H3,(H2,22,23,24);1H. The molecule has 1 aromatic rings. The van der Waals surface area contributed by atoms with Gasteiger partial charge in [-0.1, -0.05) is 19.1 Å². The summed E-state index contributed by atoms with van der Waals surface area (Å²) in [6, 6.07) is 5.38. The van der Waals surface area contributed by atoms with Crippen LogP contribution in [0.1, 0.15) is 37.9 Å². The van der Waals surface area contributed by atoms with Crippen LogP contribution in [0.4, 0.5) is 4.39 Å². The molecule has 0 saturated carbocycles. The zero-order valence-electron chi connectivity index (χ0n) is 17.1. The van der Waals surface area contributed by atoms with E-state index in [1.54, 1.807) is 13.0 Å². The molecule has 27 heavy (non-hydrogen) atoms. The smallest absolute Gasteiger partial charge is 0.191 e. The van der Waals surface area contributed by atoms with Crippen LogP contribution in [0.15, 0.2) is 23.2 Å². The highest BCUT2D eigenvalue weighted by molar-refractivity contribution is 14.0. The molecule has 1 aromatic carbocycles. The SMILES string of the molecule is CCNC(=NCCN1CCN(CC)CC1)NC(C)c1ccc(C)c(F)c1.I. The number of hydrogen-bond donors (Lipinski definition) is 2. The molecule has 0 aromatic heterocycles. The zero-order valence-corrected chi connectivity index (χ0v) is 19.4. The number of likely N-dealkylation sites (N-methyl/N-ethyl adjacent to an activating group) is 1. The Morgan fingerprint density at radius 3 is 2.44 bits per heavy atom. The molecule has 1 saturated heterocycles. The number of nitrogens with zero attached hydrogens (tertiary/aromatic N) is 3. The topological polar surface area (TPSA) is 42.9 Å². The van der Waals surface area contributed by atoms with Crippen LogP contribution in [0, 0.1) is 12.7 Å². The Morgan fingerprint density at radius 2 is 1.85 bits per heavy atom. The van der Waals surface area contributed by atoms with Crippen molar-refractivity contribution in [1.82, 2.24) is 20.4 Å². The minimum absolute atomic E-state index is 0. The molecule has 2 N–H and O–H groups in total.